The average molecular weight is 179 g/mol. The molecule has 0 aliphatic heterocycles. The summed E-state index contributed by atoms with van der Waals surface area (Å²) in [6.07, 6.45) is 4.85. The second-order valence-corrected chi connectivity index (χ2v) is 2.59. The first-order chi connectivity index (χ1) is 6.38. The molecule has 0 fully saturated rings. The summed E-state index contributed by atoms with van der Waals surface area (Å²) in [7, 11) is 0. The van der Waals surface area contributed by atoms with E-state index in [1.165, 1.54) is 6.39 Å². The first kappa shape index (κ1) is 7.93. The van der Waals surface area contributed by atoms with Gasteiger partial charge in [0.2, 0.25) is 6.39 Å². The van der Waals surface area contributed by atoms with Crippen LogP contribution in [0, 0.1) is 0 Å². The molecule has 0 aliphatic carbocycles. The van der Waals surface area contributed by atoms with Gasteiger partial charge in [-0.25, -0.2) is 4.98 Å². The zero-order valence-corrected chi connectivity index (χ0v) is 6.92. The molecule has 0 bridgehead atoms. The third-order valence-corrected chi connectivity index (χ3v) is 1.63. The van der Waals surface area contributed by atoms with Gasteiger partial charge in [0.15, 0.2) is 5.82 Å². The van der Waals surface area contributed by atoms with Gasteiger partial charge in [-0.3, -0.25) is 0 Å². The van der Waals surface area contributed by atoms with Gasteiger partial charge in [-0.15, -0.1) is 0 Å². The van der Waals surface area contributed by atoms with Gasteiger partial charge in [-0.1, -0.05) is 5.16 Å². The molecule has 0 saturated heterocycles. The van der Waals surface area contributed by atoms with Crippen LogP contribution in [0.2, 0.25) is 0 Å². The lowest BCUT2D eigenvalue weighted by Crippen LogP contribution is -1.99. The lowest BCUT2D eigenvalue weighted by molar-refractivity contribution is 0.408. The van der Waals surface area contributed by atoms with Crippen molar-refractivity contribution in [3.8, 4) is 0 Å². The minimum absolute atomic E-state index is 0.444. The lowest BCUT2D eigenvalue weighted by atomic mass is 10.5. The molecule has 68 valence electrons. The van der Waals surface area contributed by atoms with Gasteiger partial charge in [0.05, 0.1) is 18.6 Å². The fraction of sp³-hybridized carbons (Fsp3) is 0.286. The Balaban J connectivity index is 2.10. The van der Waals surface area contributed by atoms with E-state index in [0.29, 0.717) is 18.9 Å². The first-order valence-corrected chi connectivity index (χ1v) is 3.84. The first-order valence-electron chi connectivity index (χ1n) is 3.84. The number of imidazole rings is 1. The summed E-state index contributed by atoms with van der Waals surface area (Å²) in [6, 6.07) is 0. The summed E-state index contributed by atoms with van der Waals surface area (Å²) in [4.78, 5) is 7.96. The maximum absolute atomic E-state index is 5.41. The van der Waals surface area contributed by atoms with Crippen molar-refractivity contribution in [3.05, 3.63) is 30.4 Å². The highest BCUT2D eigenvalue weighted by atomic mass is 16.5. The van der Waals surface area contributed by atoms with Crippen LogP contribution in [0.25, 0.3) is 0 Å². The van der Waals surface area contributed by atoms with Crippen LogP contribution in [-0.2, 0) is 13.1 Å². The minimum atomic E-state index is 0.444. The number of hydrogen-bond donors (Lipinski definition) is 1. The predicted molar refractivity (Wildman–Crippen MR) is 43.5 cm³/mol. The van der Waals surface area contributed by atoms with E-state index in [1.807, 2.05) is 10.8 Å². The Hall–Kier alpha value is -1.69. The third kappa shape index (κ3) is 1.73. The van der Waals surface area contributed by atoms with E-state index in [9.17, 15) is 0 Å². The van der Waals surface area contributed by atoms with Gasteiger partial charge in [0.25, 0.3) is 0 Å². The molecule has 2 aromatic heterocycles. The van der Waals surface area contributed by atoms with Crippen LogP contribution >= 0.6 is 0 Å². The largest absolute Gasteiger partial charge is 0.343 e. The van der Waals surface area contributed by atoms with Gasteiger partial charge in [0, 0.05) is 12.7 Å². The highest BCUT2D eigenvalue weighted by molar-refractivity contribution is 4.97. The normalized spacial score (nSPS) is 10.5. The topological polar surface area (TPSA) is 82.8 Å². The van der Waals surface area contributed by atoms with Gasteiger partial charge in [-0.05, 0) is 0 Å². The molecule has 0 aromatic carbocycles. The van der Waals surface area contributed by atoms with Crippen molar-refractivity contribution in [3.63, 3.8) is 0 Å². The lowest BCUT2D eigenvalue weighted by Gasteiger charge is -1.93. The second-order valence-electron chi connectivity index (χ2n) is 2.59. The Kier molecular flexibility index (Phi) is 2.05. The Morgan fingerprint density at radius 2 is 2.38 bits per heavy atom. The zero-order chi connectivity index (χ0) is 9.10. The molecule has 2 aromatic rings. The summed E-state index contributed by atoms with van der Waals surface area (Å²) in [5.41, 5.74) is 6.26. The summed E-state index contributed by atoms with van der Waals surface area (Å²) in [5, 5.41) is 3.68. The van der Waals surface area contributed by atoms with Crippen LogP contribution < -0.4 is 5.73 Å². The van der Waals surface area contributed by atoms with Gasteiger partial charge < -0.3 is 14.8 Å². The maximum Gasteiger partial charge on any atom is 0.213 e. The van der Waals surface area contributed by atoms with Gasteiger partial charge >= 0.3 is 0 Å². The van der Waals surface area contributed by atoms with E-state index in [0.717, 1.165) is 5.69 Å². The van der Waals surface area contributed by atoms with Crippen LogP contribution in [0.4, 0.5) is 0 Å². The van der Waals surface area contributed by atoms with E-state index in [4.69, 9.17) is 5.73 Å². The molecule has 2 rings (SSSR count). The Morgan fingerprint density at radius 1 is 1.46 bits per heavy atom. The number of rotatable bonds is 3. The summed E-state index contributed by atoms with van der Waals surface area (Å²) in [5.74, 6) is 0.626. The van der Waals surface area contributed by atoms with Crippen molar-refractivity contribution >= 4 is 0 Å². The van der Waals surface area contributed by atoms with Crippen LogP contribution in [0.5, 0.6) is 0 Å². The molecule has 0 atom stereocenters. The smallest absolute Gasteiger partial charge is 0.213 e. The quantitative estimate of drug-likeness (QED) is 0.703. The molecule has 0 aliphatic rings. The molecule has 0 amide bonds. The molecule has 0 saturated carbocycles. The molecule has 0 radical (unpaired) electrons. The SMILES string of the molecule is NCc1cn(Cc2ncon2)cn1. The van der Waals surface area contributed by atoms with Crippen molar-refractivity contribution in [2.24, 2.45) is 5.73 Å². The Bertz CT molecular complexity index is 366. The molecule has 6 heteroatoms. The molecule has 0 unspecified atom stereocenters. The summed E-state index contributed by atoms with van der Waals surface area (Å²) < 4.78 is 6.45. The Labute approximate surface area is 74.4 Å². The average Bonchev–Trinajstić information content (AvgIpc) is 2.76. The maximum atomic E-state index is 5.41. The highest BCUT2D eigenvalue weighted by Crippen LogP contribution is 1.98. The zero-order valence-electron chi connectivity index (χ0n) is 6.92. The van der Waals surface area contributed by atoms with Crippen molar-refractivity contribution < 1.29 is 4.52 Å². The minimum Gasteiger partial charge on any atom is -0.343 e. The fourth-order valence-corrected chi connectivity index (χ4v) is 1.02. The van der Waals surface area contributed by atoms with Gasteiger partial charge in [0.1, 0.15) is 0 Å². The van der Waals surface area contributed by atoms with Crippen molar-refractivity contribution in [1.82, 2.24) is 19.7 Å². The fourth-order valence-electron chi connectivity index (χ4n) is 1.02. The second kappa shape index (κ2) is 3.36. The number of nitrogens with zero attached hydrogens (tertiary/aromatic N) is 4. The molecule has 2 N–H and O–H groups in total. The Morgan fingerprint density at radius 3 is 3.00 bits per heavy atom. The number of aromatic nitrogens is 4. The molecular weight excluding hydrogens is 170 g/mol. The molecule has 13 heavy (non-hydrogen) atoms. The van der Waals surface area contributed by atoms with E-state index in [-0.39, 0.29) is 0 Å². The van der Waals surface area contributed by atoms with Crippen molar-refractivity contribution in [2.75, 3.05) is 0 Å². The van der Waals surface area contributed by atoms with E-state index in [2.05, 4.69) is 19.6 Å². The molecule has 0 spiro atoms. The summed E-state index contributed by atoms with van der Waals surface area (Å²) >= 11 is 0. The molecule has 2 heterocycles. The van der Waals surface area contributed by atoms with Gasteiger partial charge in [-0.2, -0.15) is 4.98 Å². The number of nitrogens with two attached hydrogens (primary N) is 1. The van der Waals surface area contributed by atoms with Crippen LogP contribution in [0.3, 0.4) is 0 Å². The van der Waals surface area contributed by atoms with Crippen LogP contribution in [0.1, 0.15) is 11.5 Å². The highest BCUT2D eigenvalue weighted by Gasteiger charge is 2.00. The third-order valence-electron chi connectivity index (χ3n) is 1.63. The van der Waals surface area contributed by atoms with E-state index < -0.39 is 0 Å². The van der Waals surface area contributed by atoms with Crippen LogP contribution in [-0.4, -0.2) is 19.7 Å². The number of hydrogen-bond acceptors (Lipinski definition) is 5. The monoisotopic (exact) mass is 179 g/mol. The summed E-state index contributed by atoms with van der Waals surface area (Å²) in [6.45, 7) is 1.00. The van der Waals surface area contributed by atoms with E-state index in [1.54, 1.807) is 6.33 Å². The van der Waals surface area contributed by atoms with Crippen molar-refractivity contribution in [2.45, 2.75) is 13.1 Å². The predicted octanol–water partition coefficient (Wildman–Crippen LogP) is -0.227. The molecular formula is C7H9N5O. The van der Waals surface area contributed by atoms with E-state index >= 15 is 0 Å². The van der Waals surface area contributed by atoms with Crippen molar-refractivity contribution in [1.29, 1.82) is 0 Å². The standard InChI is InChI=1S/C7H9N5O/c8-1-6-2-12(4-9-6)3-7-10-5-13-11-7/h2,4-5H,1,3,8H2. The molecule has 6 nitrogen and oxygen atoms in total. The van der Waals surface area contributed by atoms with Crippen LogP contribution in [0.15, 0.2) is 23.4 Å².